The Bertz CT molecular complexity index is 852. The van der Waals surface area contributed by atoms with Crippen molar-refractivity contribution in [3.8, 4) is 0 Å². The van der Waals surface area contributed by atoms with Crippen LogP contribution < -0.4 is 4.90 Å². The zero-order chi connectivity index (χ0) is 18.3. The summed E-state index contributed by atoms with van der Waals surface area (Å²) in [6.07, 6.45) is 2.43. The number of hydrogen-bond acceptors (Lipinski definition) is 4. The van der Waals surface area contributed by atoms with E-state index in [1.54, 1.807) is 25.2 Å². The first-order valence-electron chi connectivity index (χ1n) is 8.77. The van der Waals surface area contributed by atoms with Crippen molar-refractivity contribution in [2.75, 3.05) is 18.5 Å². The summed E-state index contributed by atoms with van der Waals surface area (Å²) in [7, 11) is 1.66. The van der Waals surface area contributed by atoms with Gasteiger partial charge in [0, 0.05) is 25.9 Å². The monoisotopic (exact) mass is 357 g/mol. The fourth-order valence-electron chi connectivity index (χ4n) is 3.87. The minimum Gasteiger partial charge on any atom is -0.333 e. The van der Waals surface area contributed by atoms with Crippen LogP contribution in [0.1, 0.15) is 24.2 Å². The summed E-state index contributed by atoms with van der Waals surface area (Å²) in [6, 6.07) is 5.66. The molecule has 1 aromatic heterocycles. The molecule has 0 spiro atoms. The quantitative estimate of drug-likeness (QED) is 0.898. The number of carbonyl (C=O) groups is 2. The number of likely N-dealkylation sites (N-methyl/N-ethyl adjacent to an activating group) is 1. The SMILES string of the molecule is CN(C(=O)C1CCc2n[nH]nc2C1)C1CCN(c2ccccc2F)C1=O. The Morgan fingerprint density at radius 3 is 2.85 bits per heavy atom. The van der Waals surface area contributed by atoms with Crippen molar-refractivity contribution < 1.29 is 14.0 Å². The molecular formula is C18H20FN5O2. The second-order valence-corrected chi connectivity index (χ2v) is 6.85. The van der Waals surface area contributed by atoms with Crippen LogP contribution in [0.5, 0.6) is 0 Å². The van der Waals surface area contributed by atoms with Crippen molar-refractivity contribution in [1.29, 1.82) is 0 Å². The molecule has 136 valence electrons. The van der Waals surface area contributed by atoms with Crippen LogP contribution in [0.4, 0.5) is 10.1 Å². The summed E-state index contributed by atoms with van der Waals surface area (Å²) in [5.41, 5.74) is 2.01. The van der Waals surface area contributed by atoms with Crippen molar-refractivity contribution in [1.82, 2.24) is 20.3 Å². The first-order valence-corrected chi connectivity index (χ1v) is 8.77. The number of anilines is 1. The third kappa shape index (κ3) is 2.75. The van der Waals surface area contributed by atoms with Crippen molar-refractivity contribution in [2.24, 2.45) is 5.92 Å². The Morgan fingerprint density at radius 2 is 2.04 bits per heavy atom. The lowest BCUT2D eigenvalue weighted by Gasteiger charge is -2.29. The maximum Gasteiger partial charge on any atom is 0.249 e. The fraction of sp³-hybridized carbons (Fsp3) is 0.444. The third-order valence-corrected chi connectivity index (χ3v) is 5.36. The van der Waals surface area contributed by atoms with Crippen LogP contribution in [0.3, 0.4) is 0 Å². The van der Waals surface area contributed by atoms with Crippen LogP contribution in [0.15, 0.2) is 24.3 Å². The highest BCUT2D eigenvalue weighted by molar-refractivity contribution is 6.01. The number of para-hydroxylation sites is 1. The summed E-state index contributed by atoms with van der Waals surface area (Å²) in [5, 5.41) is 10.8. The molecule has 2 amide bonds. The van der Waals surface area contributed by atoms with E-state index >= 15 is 0 Å². The average molecular weight is 357 g/mol. The Kier molecular flexibility index (Phi) is 4.18. The second-order valence-electron chi connectivity index (χ2n) is 6.85. The molecule has 0 bridgehead atoms. The zero-order valence-electron chi connectivity index (χ0n) is 14.5. The Hall–Kier alpha value is -2.77. The maximum atomic E-state index is 14.0. The minimum absolute atomic E-state index is 0.0626. The van der Waals surface area contributed by atoms with E-state index in [2.05, 4.69) is 15.4 Å². The number of carbonyl (C=O) groups excluding carboxylic acids is 2. The van der Waals surface area contributed by atoms with E-state index in [-0.39, 0.29) is 23.4 Å². The molecule has 1 aliphatic carbocycles. The number of amides is 2. The van der Waals surface area contributed by atoms with Gasteiger partial charge >= 0.3 is 0 Å². The summed E-state index contributed by atoms with van der Waals surface area (Å²) in [5.74, 6) is -0.925. The van der Waals surface area contributed by atoms with E-state index in [0.29, 0.717) is 32.2 Å². The van der Waals surface area contributed by atoms with Gasteiger partial charge in [-0.1, -0.05) is 12.1 Å². The largest absolute Gasteiger partial charge is 0.333 e. The number of benzene rings is 1. The van der Waals surface area contributed by atoms with Gasteiger partial charge in [0.25, 0.3) is 0 Å². The van der Waals surface area contributed by atoms with Gasteiger partial charge < -0.3 is 9.80 Å². The molecule has 2 aromatic rings. The maximum absolute atomic E-state index is 14.0. The van der Waals surface area contributed by atoms with Crippen molar-refractivity contribution in [3.05, 3.63) is 41.5 Å². The Morgan fingerprint density at radius 1 is 1.27 bits per heavy atom. The molecule has 8 heteroatoms. The number of nitrogens with zero attached hydrogens (tertiary/aromatic N) is 4. The molecule has 2 unspecified atom stereocenters. The van der Waals surface area contributed by atoms with Crippen LogP contribution in [-0.4, -0.2) is 51.8 Å². The van der Waals surface area contributed by atoms with Gasteiger partial charge in [-0.15, -0.1) is 0 Å². The van der Waals surface area contributed by atoms with E-state index in [1.165, 1.54) is 15.9 Å². The molecule has 1 aliphatic heterocycles. The molecule has 2 heterocycles. The molecular weight excluding hydrogens is 337 g/mol. The topological polar surface area (TPSA) is 82.2 Å². The van der Waals surface area contributed by atoms with Gasteiger partial charge in [-0.05, 0) is 31.4 Å². The van der Waals surface area contributed by atoms with Crippen LogP contribution in [-0.2, 0) is 22.4 Å². The second kappa shape index (κ2) is 6.51. The van der Waals surface area contributed by atoms with Crippen molar-refractivity contribution >= 4 is 17.5 Å². The first-order chi connectivity index (χ1) is 12.6. The van der Waals surface area contributed by atoms with Crippen molar-refractivity contribution in [2.45, 2.75) is 31.7 Å². The van der Waals surface area contributed by atoms with E-state index in [1.807, 2.05) is 0 Å². The van der Waals surface area contributed by atoms with Crippen LogP contribution >= 0.6 is 0 Å². The van der Waals surface area contributed by atoms with Gasteiger partial charge in [0.2, 0.25) is 11.8 Å². The minimum atomic E-state index is -0.555. The van der Waals surface area contributed by atoms with Gasteiger partial charge in [0.05, 0.1) is 17.1 Å². The van der Waals surface area contributed by atoms with Gasteiger partial charge in [-0.25, -0.2) is 4.39 Å². The highest BCUT2D eigenvalue weighted by Crippen LogP contribution is 2.29. The van der Waals surface area contributed by atoms with E-state index in [9.17, 15) is 14.0 Å². The van der Waals surface area contributed by atoms with Crippen LogP contribution in [0, 0.1) is 11.7 Å². The standard InChI is InChI=1S/C18H20FN5O2/c1-23(17(25)11-6-7-13-14(10-11)21-22-20-13)16-8-9-24(18(16)26)15-5-3-2-4-12(15)19/h2-5,11,16H,6-10H2,1H3,(H,20,21,22). The molecule has 1 aromatic carbocycles. The van der Waals surface area contributed by atoms with Gasteiger partial charge in [0.1, 0.15) is 11.9 Å². The normalized spacial score (nSPS) is 22.4. The zero-order valence-corrected chi connectivity index (χ0v) is 14.5. The third-order valence-electron chi connectivity index (χ3n) is 5.36. The van der Waals surface area contributed by atoms with Gasteiger partial charge in [-0.3, -0.25) is 9.59 Å². The number of rotatable bonds is 3. The summed E-state index contributed by atoms with van der Waals surface area (Å²) in [6.45, 7) is 0.403. The molecule has 2 aliphatic rings. The highest BCUT2D eigenvalue weighted by atomic mass is 19.1. The number of nitrogens with one attached hydrogen (secondary N) is 1. The number of aromatic amines is 1. The van der Waals surface area contributed by atoms with Crippen molar-refractivity contribution in [3.63, 3.8) is 0 Å². The Labute approximate surface area is 150 Å². The van der Waals surface area contributed by atoms with E-state index in [4.69, 9.17) is 0 Å². The number of hydrogen-bond donors (Lipinski definition) is 1. The molecule has 0 saturated carbocycles. The molecule has 1 fully saturated rings. The molecule has 1 saturated heterocycles. The molecule has 1 N–H and O–H groups in total. The number of H-pyrrole nitrogens is 1. The molecule has 4 rings (SSSR count). The number of aryl methyl sites for hydroxylation is 1. The first kappa shape index (κ1) is 16.7. The summed E-state index contributed by atoms with van der Waals surface area (Å²) < 4.78 is 14.0. The highest BCUT2D eigenvalue weighted by Gasteiger charge is 2.40. The predicted octanol–water partition coefficient (Wildman–Crippen LogP) is 1.31. The molecule has 2 atom stereocenters. The fourth-order valence-corrected chi connectivity index (χ4v) is 3.87. The number of halogens is 1. The number of aromatic nitrogens is 3. The summed E-state index contributed by atoms with van der Waals surface area (Å²) in [4.78, 5) is 28.6. The lowest BCUT2D eigenvalue weighted by molar-refractivity contribution is -0.140. The lowest BCUT2D eigenvalue weighted by atomic mass is 9.88. The Balaban J connectivity index is 1.47. The van der Waals surface area contributed by atoms with Gasteiger partial charge in [-0.2, -0.15) is 15.4 Å². The smallest absolute Gasteiger partial charge is 0.249 e. The molecule has 0 radical (unpaired) electrons. The molecule has 26 heavy (non-hydrogen) atoms. The predicted molar refractivity (Wildman–Crippen MR) is 91.8 cm³/mol. The number of fused-ring (bicyclic) bond motifs is 1. The van der Waals surface area contributed by atoms with Crippen LogP contribution in [0.2, 0.25) is 0 Å². The average Bonchev–Trinajstić information content (AvgIpc) is 3.27. The van der Waals surface area contributed by atoms with Gasteiger partial charge in [0.15, 0.2) is 0 Å². The molecule has 7 nitrogen and oxygen atoms in total. The van der Waals surface area contributed by atoms with E-state index < -0.39 is 11.9 Å². The van der Waals surface area contributed by atoms with E-state index in [0.717, 1.165) is 11.4 Å². The lowest BCUT2D eigenvalue weighted by Crippen LogP contribution is -2.46. The summed E-state index contributed by atoms with van der Waals surface area (Å²) >= 11 is 0. The van der Waals surface area contributed by atoms with Crippen LogP contribution in [0.25, 0.3) is 0 Å².